The second-order valence-electron chi connectivity index (χ2n) is 6.31. The average Bonchev–Trinajstić information content (AvgIpc) is 2.40. The number of rotatable bonds is 4. The highest BCUT2D eigenvalue weighted by molar-refractivity contribution is 5.30. The maximum atomic E-state index is 3.42. The Morgan fingerprint density at radius 3 is 2.21 bits per heavy atom. The van der Waals surface area contributed by atoms with Crippen LogP contribution in [0.4, 0.5) is 0 Å². The van der Waals surface area contributed by atoms with E-state index in [9.17, 15) is 0 Å². The number of nitrogens with one attached hydrogen (secondary N) is 1. The summed E-state index contributed by atoms with van der Waals surface area (Å²) in [5.74, 6) is 0. The maximum absolute atomic E-state index is 3.42. The number of nitrogens with zero attached hydrogens (tertiary/aromatic N) is 1. The maximum Gasteiger partial charge on any atom is 0.0102 e. The van der Waals surface area contributed by atoms with E-state index in [0.29, 0.717) is 11.5 Å². The zero-order valence-corrected chi connectivity index (χ0v) is 12.9. The van der Waals surface area contributed by atoms with Crippen LogP contribution in [0.15, 0.2) is 24.3 Å². The first-order valence-corrected chi connectivity index (χ1v) is 7.53. The van der Waals surface area contributed by atoms with Gasteiger partial charge in [-0.3, -0.25) is 0 Å². The molecule has 1 N–H and O–H groups in total. The van der Waals surface area contributed by atoms with Gasteiger partial charge in [0.2, 0.25) is 0 Å². The van der Waals surface area contributed by atoms with Gasteiger partial charge in [0.05, 0.1) is 0 Å². The van der Waals surface area contributed by atoms with Gasteiger partial charge in [-0.2, -0.15) is 0 Å². The summed E-state index contributed by atoms with van der Waals surface area (Å²) in [4.78, 5) is 2.60. The van der Waals surface area contributed by atoms with Crippen LogP contribution >= 0.6 is 0 Å². The van der Waals surface area contributed by atoms with Crippen LogP contribution in [-0.4, -0.2) is 37.6 Å². The third-order valence-electron chi connectivity index (χ3n) is 4.66. The third kappa shape index (κ3) is 3.18. The Morgan fingerprint density at radius 2 is 1.74 bits per heavy atom. The van der Waals surface area contributed by atoms with Crippen LogP contribution in [0.3, 0.4) is 0 Å². The van der Waals surface area contributed by atoms with Crippen molar-refractivity contribution in [2.24, 2.45) is 0 Å². The summed E-state index contributed by atoms with van der Waals surface area (Å²) < 4.78 is 0. The van der Waals surface area contributed by atoms with E-state index in [2.05, 4.69) is 62.3 Å². The summed E-state index contributed by atoms with van der Waals surface area (Å²) in [5.41, 5.74) is 3.19. The molecule has 2 rings (SSSR count). The number of likely N-dealkylation sites (tertiary alicyclic amines) is 1. The first-order chi connectivity index (χ1) is 9.07. The first-order valence-electron chi connectivity index (χ1n) is 7.53. The first kappa shape index (κ1) is 14.5. The molecule has 1 aliphatic rings. The lowest BCUT2D eigenvalue weighted by atomic mass is 9.72. The van der Waals surface area contributed by atoms with Crippen molar-refractivity contribution in [1.82, 2.24) is 10.2 Å². The van der Waals surface area contributed by atoms with Crippen molar-refractivity contribution in [1.29, 1.82) is 0 Å². The number of hydrogen-bond acceptors (Lipinski definition) is 2. The summed E-state index contributed by atoms with van der Waals surface area (Å²) in [6.07, 6.45) is 2.52. The van der Waals surface area contributed by atoms with Crippen LogP contribution in [0.5, 0.6) is 0 Å². The standard InChI is InChI=1S/C17H28N2/c1-14(2)19-11-9-17(10-12-19,13-18-4)16-7-5-15(3)6-8-16/h5-8,14,18H,9-13H2,1-4H3. The van der Waals surface area contributed by atoms with Crippen molar-refractivity contribution in [3.8, 4) is 0 Å². The van der Waals surface area contributed by atoms with E-state index < -0.39 is 0 Å². The van der Waals surface area contributed by atoms with Crippen molar-refractivity contribution in [3.63, 3.8) is 0 Å². The van der Waals surface area contributed by atoms with E-state index in [1.165, 1.54) is 37.1 Å². The molecule has 2 nitrogen and oxygen atoms in total. The second-order valence-corrected chi connectivity index (χ2v) is 6.31. The molecule has 0 radical (unpaired) electrons. The summed E-state index contributed by atoms with van der Waals surface area (Å²) in [7, 11) is 2.07. The van der Waals surface area contributed by atoms with Gasteiger partial charge in [0.15, 0.2) is 0 Å². The van der Waals surface area contributed by atoms with E-state index in [0.717, 1.165) is 6.54 Å². The number of benzene rings is 1. The fourth-order valence-electron chi connectivity index (χ4n) is 3.28. The normalized spacial score (nSPS) is 19.8. The molecule has 0 amide bonds. The minimum absolute atomic E-state index is 0.327. The van der Waals surface area contributed by atoms with Gasteiger partial charge >= 0.3 is 0 Å². The SMILES string of the molecule is CNCC1(c2ccc(C)cc2)CCN(C(C)C)CC1. The Balaban J connectivity index is 2.18. The summed E-state index contributed by atoms with van der Waals surface area (Å²) in [6.45, 7) is 10.3. The molecule has 0 spiro atoms. The highest BCUT2D eigenvalue weighted by Crippen LogP contribution is 2.35. The molecule has 0 aliphatic carbocycles. The van der Waals surface area contributed by atoms with Crippen LogP contribution < -0.4 is 5.32 Å². The predicted molar refractivity (Wildman–Crippen MR) is 82.7 cm³/mol. The van der Waals surface area contributed by atoms with Crippen molar-refractivity contribution >= 4 is 0 Å². The molecule has 1 heterocycles. The predicted octanol–water partition coefficient (Wildman–Crippen LogP) is 2.96. The highest BCUT2D eigenvalue weighted by Gasteiger charge is 2.35. The smallest absolute Gasteiger partial charge is 0.0102 e. The van der Waals surface area contributed by atoms with Crippen molar-refractivity contribution in [2.75, 3.05) is 26.7 Å². The Labute approximate surface area is 118 Å². The minimum atomic E-state index is 0.327. The zero-order chi connectivity index (χ0) is 13.9. The monoisotopic (exact) mass is 260 g/mol. The Hall–Kier alpha value is -0.860. The largest absolute Gasteiger partial charge is 0.319 e. The lowest BCUT2D eigenvalue weighted by Gasteiger charge is -2.43. The third-order valence-corrected chi connectivity index (χ3v) is 4.66. The quantitative estimate of drug-likeness (QED) is 0.895. The van der Waals surface area contributed by atoms with E-state index in [4.69, 9.17) is 0 Å². The van der Waals surface area contributed by atoms with Crippen LogP contribution in [0.1, 0.15) is 37.8 Å². The zero-order valence-electron chi connectivity index (χ0n) is 12.9. The van der Waals surface area contributed by atoms with Gasteiger partial charge in [-0.1, -0.05) is 29.8 Å². The molecule has 0 aromatic heterocycles. The van der Waals surface area contributed by atoms with Gasteiger partial charge in [0, 0.05) is 18.0 Å². The van der Waals surface area contributed by atoms with E-state index in [1.54, 1.807) is 0 Å². The fraction of sp³-hybridized carbons (Fsp3) is 0.647. The summed E-state index contributed by atoms with van der Waals surface area (Å²) in [6, 6.07) is 9.84. The fourth-order valence-corrected chi connectivity index (χ4v) is 3.28. The van der Waals surface area contributed by atoms with Crippen molar-refractivity contribution in [3.05, 3.63) is 35.4 Å². The Kier molecular flexibility index (Phi) is 4.64. The lowest BCUT2D eigenvalue weighted by Crippen LogP contribution is -2.49. The molecule has 0 bridgehead atoms. The number of piperidine rings is 1. The van der Waals surface area contributed by atoms with Crippen molar-refractivity contribution in [2.45, 2.75) is 45.1 Å². The van der Waals surface area contributed by atoms with Gasteiger partial charge < -0.3 is 10.2 Å². The van der Waals surface area contributed by atoms with Crippen molar-refractivity contribution < 1.29 is 0 Å². The molecular formula is C17H28N2. The Morgan fingerprint density at radius 1 is 1.16 bits per heavy atom. The van der Waals surface area contributed by atoms with E-state index in [-0.39, 0.29) is 0 Å². The molecule has 1 saturated heterocycles. The number of aryl methyl sites for hydroxylation is 1. The molecule has 1 aliphatic heterocycles. The topological polar surface area (TPSA) is 15.3 Å². The molecule has 0 saturated carbocycles. The molecule has 106 valence electrons. The van der Waals surface area contributed by atoms with Crippen LogP contribution in [-0.2, 0) is 5.41 Å². The van der Waals surface area contributed by atoms with Gasteiger partial charge in [-0.05, 0) is 59.3 Å². The number of hydrogen-bond donors (Lipinski definition) is 1. The van der Waals surface area contributed by atoms with Crippen LogP contribution in [0.2, 0.25) is 0 Å². The summed E-state index contributed by atoms with van der Waals surface area (Å²) >= 11 is 0. The van der Waals surface area contributed by atoms with E-state index in [1.807, 2.05) is 0 Å². The van der Waals surface area contributed by atoms with Gasteiger partial charge in [0.1, 0.15) is 0 Å². The second kappa shape index (κ2) is 6.06. The minimum Gasteiger partial charge on any atom is -0.319 e. The average molecular weight is 260 g/mol. The number of likely N-dealkylation sites (N-methyl/N-ethyl adjacent to an activating group) is 1. The molecule has 0 unspecified atom stereocenters. The molecule has 2 heteroatoms. The highest BCUT2D eigenvalue weighted by atomic mass is 15.2. The molecule has 1 aromatic rings. The van der Waals surface area contributed by atoms with Gasteiger partial charge in [-0.25, -0.2) is 0 Å². The lowest BCUT2D eigenvalue weighted by molar-refractivity contribution is 0.128. The molecule has 0 atom stereocenters. The summed E-state index contributed by atoms with van der Waals surface area (Å²) in [5, 5.41) is 3.42. The van der Waals surface area contributed by atoms with Crippen LogP contribution in [0, 0.1) is 6.92 Å². The van der Waals surface area contributed by atoms with Crippen LogP contribution in [0.25, 0.3) is 0 Å². The molecule has 1 fully saturated rings. The molecular weight excluding hydrogens is 232 g/mol. The molecule has 1 aromatic carbocycles. The van der Waals surface area contributed by atoms with Gasteiger partial charge in [-0.15, -0.1) is 0 Å². The molecule has 19 heavy (non-hydrogen) atoms. The Bertz CT molecular complexity index is 386. The van der Waals surface area contributed by atoms with Gasteiger partial charge in [0.25, 0.3) is 0 Å². The van der Waals surface area contributed by atoms with E-state index >= 15 is 0 Å².